The number of carbonyl (C=O) groups excluding carboxylic acids is 1. The summed E-state index contributed by atoms with van der Waals surface area (Å²) in [5, 5.41) is 0. The summed E-state index contributed by atoms with van der Waals surface area (Å²) >= 11 is 0. The van der Waals surface area contributed by atoms with Crippen molar-refractivity contribution in [1.29, 1.82) is 0 Å². The van der Waals surface area contributed by atoms with Gasteiger partial charge in [-0.15, -0.1) is 0 Å². The number of hydrogen-bond acceptors (Lipinski definition) is 1. The molecule has 1 unspecified atom stereocenters. The van der Waals surface area contributed by atoms with E-state index in [2.05, 4.69) is 25.7 Å². The third kappa shape index (κ3) is 6.42. The van der Waals surface area contributed by atoms with E-state index in [4.69, 9.17) is 0 Å². The van der Waals surface area contributed by atoms with Gasteiger partial charge in [-0.2, -0.15) is 0 Å². The molecular weight excluding hydrogens is 222 g/mol. The smallest absolute Gasteiger partial charge is 0.222 e. The minimum absolute atomic E-state index is 0.391. The standard InChI is InChI=1S/C16H31NO/c1-14(2)8-7-9-15(3)11-13-17-12-6-4-5-10-16(17)18/h14-15H,4-13H2,1-3H3. The van der Waals surface area contributed by atoms with Crippen LogP contribution >= 0.6 is 0 Å². The van der Waals surface area contributed by atoms with Crippen molar-refractivity contribution in [1.82, 2.24) is 4.90 Å². The summed E-state index contributed by atoms with van der Waals surface area (Å²) in [7, 11) is 0. The first-order valence-corrected chi connectivity index (χ1v) is 7.87. The van der Waals surface area contributed by atoms with Crippen molar-refractivity contribution >= 4 is 5.91 Å². The van der Waals surface area contributed by atoms with Crippen molar-refractivity contribution in [3.63, 3.8) is 0 Å². The molecule has 1 aliphatic heterocycles. The van der Waals surface area contributed by atoms with Gasteiger partial charge in [-0.25, -0.2) is 0 Å². The van der Waals surface area contributed by atoms with E-state index in [9.17, 15) is 4.79 Å². The lowest BCUT2D eigenvalue weighted by Gasteiger charge is -2.22. The molecule has 0 spiro atoms. The molecule has 0 aromatic heterocycles. The van der Waals surface area contributed by atoms with Crippen LogP contribution in [0.5, 0.6) is 0 Å². The molecule has 0 aromatic rings. The highest BCUT2D eigenvalue weighted by Gasteiger charge is 2.16. The summed E-state index contributed by atoms with van der Waals surface area (Å²) in [4.78, 5) is 14.0. The average molecular weight is 253 g/mol. The maximum Gasteiger partial charge on any atom is 0.222 e. The van der Waals surface area contributed by atoms with Gasteiger partial charge < -0.3 is 4.90 Å². The molecule has 0 aromatic carbocycles. The molecule has 18 heavy (non-hydrogen) atoms. The Morgan fingerprint density at radius 2 is 1.83 bits per heavy atom. The first-order chi connectivity index (χ1) is 8.59. The molecule has 106 valence electrons. The highest BCUT2D eigenvalue weighted by molar-refractivity contribution is 5.76. The molecule has 0 saturated carbocycles. The van der Waals surface area contributed by atoms with Gasteiger partial charge in [0.15, 0.2) is 0 Å². The maximum absolute atomic E-state index is 11.9. The van der Waals surface area contributed by atoms with Gasteiger partial charge in [-0.3, -0.25) is 4.79 Å². The van der Waals surface area contributed by atoms with Gasteiger partial charge in [0.2, 0.25) is 5.91 Å². The molecule has 1 atom stereocenters. The Kier molecular flexibility index (Phi) is 7.38. The van der Waals surface area contributed by atoms with Gasteiger partial charge in [-0.05, 0) is 31.1 Å². The van der Waals surface area contributed by atoms with Crippen LogP contribution in [0, 0.1) is 11.8 Å². The molecule has 1 amide bonds. The van der Waals surface area contributed by atoms with Crippen LogP contribution in [0.4, 0.5) is 0 Å². The van der Waals surface area contributed by atoms with Crippen LogP contribution in [0.2, 0.25) is 0 Å². The molecule has 0 radical (unpaired) electrons. The minimum atomic E-state index is 0.391. The zero-order valence-corrected chi connectivity index (χ0v) is 12.6. The number of carbonyl (C=O) groups is 1. The van der Waals surface area contributed by atoms with Gasteiger partial charge in [0.05, 0.1) is 0 Å². The quantitative estimate of drug-likeness (QED) is 0.664. The van der Waals surface area contributed by atoms with Crippen molar-refractivity contribution in [2.75, 3.05) is 13.1 Å². The molecule has 1 heterocycles. The highest BCUT2D eigenvalue weighted by atomic mass is 16.2. The molecular formula is C16H31NO. The van der Waals surface area contributed by atoms with E-state index >= 15 is 0 Å². The first-order valence-electron chi connectivity index (χ1n) is 7.87. The Hall–Kier alpha value is -0.530. The zero-order chi connectivity index (χ0) is 13.4. The topological polar surface area (TPSA) is 20.3 Å². The van der Waals surface area contributed by atoms with E-state index < -0.39 is 0 Å². The fourth-order valence-electron chi connectivity index (χ4n) is 2.67. The van der Waals surface area contributed by atoms with Crippen LogP contribution in [-0.4, -0.2) is 23.9 Å². The predicted octanol–water partition coefficient (Wildman–Crippen LogP) is 4.24. The normalized spacial score (nSPS) is 19.1. The monoisotopic (exact) mass is 253 g/mol. The van der Waals surface area contributed by atoms with E-state index in [1.807, 2.05) is 0 Å². The fraction of sp³-hybridized carbons (Fsp3) is 0.938. The van der Waals surface area contributed by atoms with Gasteiger partial charge in [0.25, 0.3) is 0 Å². The number of likely N-dealkylation sites (tertiary alicyclic amines) is 1. The number of nitrogens with zero attached hydrogens (tertiary/aromatic N) is 1. The second-order valence-electron chi connectivity index (χ2n) is 6.41. The number of hydrogen-bond donors (Lipinski definition) is 0. The molecule has 1 aliphatic rings. The van der Waals surface area contributed by atoms with Gasteiger partial charge >= 0.3 is 0 Å². The Balaban J connectivity index is 2.16. The fourth-order valence-corrected chi connectivity index (χ4v) is 2.67. The average Bonchev–Trinajstić information content (AvgIpc) is 2.51. The van der Waals surface area contributed by atoms with E-state index in [-0.39, 0.29) is 0 Å². The lowest BCUT2D eigenvalue weighted by Crippen LogP contribution is -2.32. The highest BCUT2D eigenvalue weighted by Crippen LogP contribution is 2.17. The largest absolute Gasteiger partial charge is 0.343 e. The summed E-state index contributed by atoms with van der Waals surface area (Å²) in [5.74, 6) is 1.98. The maximum atomic E-state index is 11.9. The first kappa shape index (κ1) is 15.5. The van der Waals surface area contributed by atoms with Crippen LogP contribution in [0.25, 0.3) is 0 Å². The summed E-state index contributed by atoms with van der Waals surface area (Å²) in [6.07, 6.45) is 9.49. The van der Waals surface area contributed by atoms with E-state index in [0.29, 0.717) is 5.91 Å². The molecule has 1 saturated heterocycles. The summed E-state index contributed by atoms with van der Waals surface area (Å²) < 4.78 is 0. The second-order valence-corrected chi connectivity index (χ2v) is 6.41. The third-order valence-electron chi connectivity index (χ3n) is 4.04. The van der Waals surface area contributed by atoms with Gasteiger partial charge in [-0.1, -0.05) is 46.5 Å². The molecule has 2 nitrogen and oxygen atoms in total. The summed E-state index contributed by atoms with van der Waals surface area (Å²) in [6.45, 7) is 8.91. The molecule has 1 fully saturated rings. The van der Waals surface area contributed by atoms with Crippen molar-refractivity contribution in [3.05, 3.63) is 0 Å². The second kappa shape index (κ2) is 8.55. The lowest BCUT2D eigenvalue weighted by atomic mass is 9.97. The SMILES string of the molecule is CC(C)CCCC(C)CCN1CCCCCC1=O. The molecule has 1 rings (SSSR count). The van der Waals surface area contributed by atoms with Crippen molar-refractivity contribution in [3.8, 4) is 0 Å². The molecule has 2 heteroatoms. The van der Waals surface area contributed by atoms with E-state index in [0.717, 1.165) is 37.8 Å². The van der Waals surface area contributed by atoms with Crippen molar-refractivity contribution in [2.45, 2.75) is 72.1 Å². The number of rotatable bonds is 7. The van der Waals surface area contributed by atoms with Crippen molar-refractivity contribution < 1.29 is 4.79 Å². The molecule has 0 N–H and O–H groups in total. The Morgan fingerprint density at radius 3 is 2.56 bits per heavy atom. The van der Waals surface area contributed by atoms with Crippen LogP contribution in [-0.2, 0) is 4.79 Å². The van der Waals surface area contributed by atoms with Crippen molar-refractivity contribution in [2.24, 2.45) is 11.8 Å². The van der Waals surface area contributed by atoms with Gasteiger partial charge in [0.1, 0.15) is 0 Å². The van der Waals surface area contributed by atoms with Crippen LogP contribution in [0.15, 0.2) is 0 Å². The Bertz CT molecular complexity index is 237. The van der Waals surface area contributed by atoms with Crippen LogP contribution in [0.3, 0.4) is 0 Å². The van der Waals surface area contributed by atoms with E-state index in [1.165, 1.54) is 38.5 Å². The third-order valence-corrected chi connectivity index (χ3v) is 4.04. The predicted molar refractivity (Wildman–Crippen MR) is 77.5 cm³/mol. The molecule has 0 aliphatic carbocycles. The molecule has 0 bridgehead atoms. The number of amides is 1. The summed E-state index contributed by atoms with van der Waals surface area (Å²) in [6, 6.07) is 0. The van der Waals surface area contributed by atoms with E-state index in [1.54, 1.807) is 0 Å². The van der Waals surface area contributed by atoms with Crippen LogP contribution in [0.1, 0.15) is 72.1 Å². The Labute approximate surface area is 113 Å². The zero-order valence-electron chi connectivity index (χ0n) is 12.6. The van der Waals surface area contributed by atoms with Gasteiger partial charge in [0, 0.05) is 19.5 Å². The minimum Gasteiger partial charge on any atom is -0.343 e. The van der Waals surface area contributed by atoms with Crippen LogP contribution < -0.4 is 0 Å². The summed E-state index contributed by atoms with van der Waals surface area (Å²) in [5.41, 5.74) is 0. The Morgan fingerprint density at radius 1 is 1.06 bits per heavy atom. The lowest BCUT2D eigenvalue weighted by molar-refractivity contribution is -0.130.